The number of likely N-dealkylation sites (tertiary alicyclic amines) is 1. The van der Waals surface area contributed by atoms with Crippen LogP contribution in [0, 0.1) is 0 Å². The maximum atomic E-state index is 11.8. The molecule has 1 saturated heterocycles. The molecular weight excluding hydrogens is 477 g/mol. The number of aliphatic imine (C=N–C) groups is 1. The molecule has 0 aromatic carbocycles. The molecule has 0 saturated carbocycles. The average molecular weight is 509 g/mol. The first-order valence-corrected chi connectivity index (χ1v) is 10.0. The minimum atomic E-state index is -0.216. The molecule has 1 fully saturated rings. The molecule has 2 N–H and O–H groups in total. The highest BCUT2D eigenvalue weighted by Crippen LogP contribution is 2.25. The number of piperidine rings is 1. The highest BCUT2D eigenvalue weighted by molar-refractivity contribution is 14.0. The summed E-state index contributed by atoms with van der Waals surface area (Å²) in [4.78, 5) is 22.5. The number of hydrogen-bond donors (Lipinski definition) is 2. The fourth-order valence-corrected chi connectivity index (χ4v) is 3.62. The van der Waals surface area contributed by atoms with Crippen LogP contribution in [0.25, 0.3) is 0 Å². The third-order valence-corrected chi connectivity index (χ3v) is 5.53. The van der Waals surface area contributed by atoms with E-state index >= 15 is 0 Å². The van der Waals surface area contributed by atoms with Gasteiger partial charge in [0.1, 0.15) is 0 Å². The van der Waals surface area contributed by atoms with Gasteiger partial charge < -0.3 is 20.3 Å². The van der Waals surface area contributed by atoms with Crippen LogP contribution in [0.2, 0.25) is 0 Å². The van der Waals surface area contributed by atoms with Crippen molar-refractivity contribution in [3.8, 4) is 0 Å². The van der Waals surface area contributed by atoms with Gasteiger partial charge in [0, 0.05) is 37.0 Å². The molecule has 0 aliphatic carbocycles. The minimum absolute atomic E-state index is 0. The molecule has 1 aromatic heterocycles. The quantitative estimate of drug-likeness (QED) is 0.370. The summed E-state index contributed by atoms with van der Waals surface area (Å²) in [6.07, 6.45) is 1.54. The lowest BCUT2D eigenvalue weighted by atomic mass is 9.98. The summed E-state index contributed by atoms with van der Waals surface area (Å²) in [7, 11) is 1.77. The van der Waals surface area contributed by atoms with E-state index in [0.717, 1.165) is 29.5 Å². The molecule has 0 atom stereocenters. The van der Waals surface area contributed by atoms with E-state index in [1.165, 1.54) is 0 Å². The topological polar surface area (TPSA) is 78.8 Å². The molecule has 0 spiro atoms. The van der Waals surface area contributed by atoms with Crippen LogP contribution in [0.4, 0.5) is 4.79 Å². The standard InChI is InChI=1S/C18H31N5O2S.HI/c1-6-25-17(24)23-9-7-13(8-10-23)22-16(19-5)20-11-14-12-26-15(21-14)18(2,3)4;/h12-13H,6-11H2,1-5H3,(H2,19,20,22);1H. The van der Waals surface area contributed by atoms with Crippen LogP contribution in [0.15, 0.2) is 10.4 Å². The van der Waals surface area contributed by atoms with E-state index in [-0.39, 0.29) is 35.5 Å². The maximum Gasteiger partial charge on any atom is 0.409 e. The van der Waals surface area contributed by atoms with Gasteiger partial charge in [-0.15, -0.1) is 35.3 Å². The van der Waals surface area contributed by atoms with Crippen molar-refractivity contribution in [3.05, 3.63) is 16.1 Å². The zero-order valence-corrected chi connectivity index (χ0v) is 20.0. The van der Waals surface area contributed by atoms with Crippen molar-refractivity contribution >= 4 is 47.4 Å². The van der Waals surface area contributed by atoms with E-state index in [4.69, 9.17) is 9.72 Å². The molecule has 2 rings (SSSR count). The van der Waals surface area contributed by atoms with Crippen molar-refractivity contribution in [2.45, 2.75) is 58.5 Å². The van der Waals surface area contributed by atoms with Gasteiger partial charge in [0.05, 0.1) is 23.9 Å². The highest BCUT2D eigenvalue weighted by Gasteiger charge is 2.24. The summed E-state index contributed by atoms with van der Waals surface area (Å²) >= 11 is 1.70. The highest BCUT2D eigenvalue weighted by atomic mass is 127. The van der Waals surface area contributed by atoms with E-state index in [1.54, 1.807) is 23.3 Å². The zero-order chi connectivity index (χ0) is 19.2. The van der Waals surface area contributed by atoms with Crippen molar-refractivity contribution in [1.29, 1.82) is 0 Å². The molecule has 0 unspecified atom stereocenters. The number of nitrogens with zero attached hydrogens (tertiary/aromatic N) is 3. The number of ether oxygens (including phenoxy) is 1. The lowest BCUT2D eigenvalue weighted by Crippen LogP contribution is -2.49. The van der Waals surface area contributed by atoms with Crippen molar-refractivity contribution < 1.29 is 9.53 Å². The fraction of sp³-hybridized carbons (Fsp3) is 0.722. The third-order valence-electron chi connectivity index (χ3n) is 4.22. The molecular formula is C18H32IN5O2S. The van der Waals surface area contributed by atoms with Gasteiger partial charge in [0.15, 0.2) is 5.96 Å². The Bertz CT molecular complexity index is 622. The second-order valence-corrected chi connectivity index (χ2v) is 8.28. The number of carbonyl (C=O) groups is 1. The van der Waals surface area contributed by atoms with Crippen LogP contribution in [-0.2, 0) is 16.7 Å². The number of hydrogen-bond acceptors (Lipinski definition) is 5. The number of rotatable bonds is 4. The summed E-state index contributed by atoms with van der Waals surface area (Å²) < 4.78 is 5.06. The average Bonchev–Trinajstić information content (AvgIpc) is 3.08. The number of aromatic nitrogens is 1. The van der Waals surface area contributed by atoms with E-state index < -0.39 is 0 Å². The Morgan fingerprint density at radius 3 is 2.59 bits per heavy atom. The van der Waals surface area contributed by atoms with Gasteiger partial charge in [-0.1, -0.05) is 20.8 Å². The molecule has 2 heterocycles. The van der Waals surface area contributed by atoms with Crippen molar-refractivity contribution in [3.63, 3.8) is 0 Å². The molecule has 27 heavy (non-hydrogen) atoms. The smallest absolute Gasteiger partial charge is 0.409 e. The fourth-order valence-electron chi connectivity index (χ4n) is 2.72. The monoisotopic (exact) mass is 509 g/mol. The Labute approximate surface area is 183 Å². The maximum absolute atomic E-state index is 11.8. The first kappa shape index (κ1) is 23.9. The summed E-state index contributed by atoms with van der Waals surface area (Å²) in [6.45, 7) is 10.8. The summed E-state index contributed by atoms with van der Waals surface area (Å²) in [5.74, 6) is 0.768. The summed E-state index contributed by atoms with van der Waals surface area (Å²) in [5.41, 5.74) is 1.11. The number of thiazole rings is 1. The Morgan fingerprint density at radius 1 is 1.41 bits per heavy atom. The lowest BCUT2D eigenvalue weighted by molar-refractivity contribution is 0.0963. The van der Waals surface area contributed by atoms with Crippen molar-refractivity contribution in [1.82, 2.24) is 20.5 Å². The summed E-state index contributed by atoms with van der Waals surface area (Å²) in [6, 6.07) is 0.299. The van der Waals surface area contributed by atoms with Crippen LogP contribution >= 0.6 is 35.3 Å². The van der Waals surface area contributed by atoms with Crippen LogP contribution in [0.3, 0.4) is 0 Å². The largest absolute Gasteiger partial charge is 0.450 e. The predicted octanol–water partition coefficient (Wildman–Crippen LogP) is 3.34. The van der Waals surface area contributed by atoms with E-state index in [1.807, 2.05) is 6.92 Å². The number of nitrogens with one attached hydrogen (secondary N) is 2. The van der Waals surface area contributed by atoms with E-state index in [0.29, 0.717) is 32.3 Å². The Morgan fingerprint density at radius 2 is 2.07 bits per heavy atom. The van der Waals surface area contributed by atoms with Gasteiger partial charge in [0.2, 0.25) is 0 Å². The SMILES string of the molecule is CCOC(=O)N1CCC(NC(=NC)NCc2csc(C(C)(C)C)n2)CC1.I. The van der Waals surface area contributed by atoms with Gasteiger partial charge in [-0.2, -0.15) is 0 Å². The number of carbonyl (C=O) groups excluding carboxylic acids is 1. The first-order chi connectivity index (χ1) is 12.3. The third kappa shape index (κ3) is 7.44. The van der Waals surface area contributed by atoms with Gasteiger partial charge in [-0.25, -0.2) is 9.78 Å². The van der Waals surface area contributed by atoms with Gasteiger partial charge in [-0.05, 0) is 19.8 Å². The molecule has 1 aliphatic heterocycles. The zero-order valence-electron chi connectivity index (χ0n) is 16.9. The molecule has 154 valence electrons. The van der Waals surface area contributed by atoms with E-state index in [2.05, 4.69) is 41.8 Å². The van der Waals surface area contributed by atoms with Gasteiger partial charge in [-0.3, -0.25) is 4.99 Å². The summed E-state index contributed by atoms with van der Waals surface area (Å²) in [5, 5.41) is 10.0. The molecule has 7 nitrogen and oxygen atoms in total. The molecule has 0 radical (unpaired) electrons. The van der Waals surface area contributed by atoms with Crippen LogP contribution in [0.1, 0.15) is 51.2 Å². The Hall–Kier alpha value is -1.10. The van der Waals surface area contributed by atoms with Crippen LogP contribution in [0.5, 0.6) is 0 Å². The molecule has 1 aromatic rings. The number of halogens is 1. The second kappa shape index (κ2) is 11.0. The first-order valence-electron chi connectivity index (χ1n) is 9.17. The van der Waals surface area contributed by atoms with Crippen molar-refractivity contribution in [2.75, 3.05) is 26.7 Å². The normalized spacial score (nSPS) is 15.9. The minimum Gasteiger partial charge on any atom is -0.450 e. The molecule has 1 aliphatic rings. The molecule has 0 bridgehead atoms. The van der Waals surface area contributed by atoms with Crippen molar-refractivity contribution in [2.24, 2.45) is 4.99 Å². The van der Waals surface area contributed by atoms with Gasteiger partial charge >= 0.3 is 6.09 Å². The second-order valence-electron chi connectivity index (χ2n) is 7.42. The van der Waals surface area contributed by atoms with Gasteiger partial charge in [0.25, 0.3) is 0 Å². The molecule has 1 amide bonds. The van der Waals surface area contributed by atoms with E-state index in [9.17, 15) is 4.79 Å². The predicted molar refractivity (Wildman–Crippen MR) is 121 cm³/mol. The Kier molecular flexibility index (Phi) is 9.78. The van der Waals surface area contributed by atoms with Crippen LogP contribution in [-0.4, -0.2) is 54.7 Å². The van der Waals surface area contributed by atoms with Crippen LogP contribution < -0.4 is 10.6 Å². The number of amides is 1. The molecule has 9 heteroatoms. The lowest BCUT2D eigenvalue weighted by Gasteiger charge is -2.32. The Balaban J connectivity index is 0.00000364. The number of guanidine groups is 1.